The van der Waals surface area contributed by atoms with Crippen molar-refractivity contribution >= 4 is 22.6 Å². The van der Waals surface area contributed by atoms with Gasteiger partial charge in [0.15, 0.2) is 0 Å². The lowest BCUT2D eigenvalue weighted by molar-refractivity contribution is 0.0695. The molecule has 0 bridgehead atoms. The van der Waals surface area contributed by atoms with Crippen LogP contribution >= 0.6 is 0 Å². The molecule has 0 aliphatic carbocycles. The highest BCUT2D eigenvalue weighted by molar-refractivity contribution is 5.94. The summed E-state index contributed by atoms with van der Waals surface area (Å²) < 4.78 is 29.5. The van der Waals surface area contributed by atoms with Gasteiger partial charge in [-0.05, 0) is 43.3 Å². The van der Waals surface area contributed by atoms with Crippen LogP contribution in [0.25, 0.3) is 16.6 Å². The summed E-state index contributed by atoms with van der Waals surface area (Å²) in [4.78, 5) is 25.9. The molecule has 2 atom stereocenters. The van der Waals surface area contributed by atoms with Crippen LogP contribution in [-0.4, -0.2) is 34.3 Å². The number of hydrogen-bond donors (Lipinski definition) is 2. The van der Waals surface area contributed by atoms with E-state index in [2.05, 4.69) is 0 Å². The molecule has 6 nitrogen and oxygen atoms in total. The normalized spacial score (nSPS) is 18.9. The highest BCUT2D eigenvalue weighted by atomic mass is 19.1. The number of halogens is 2. The van der Waals surface area contributed by atoms with Gasteiger partial charge in [0.05, 0.1) is 11.2 Å². The molecular weight excluding hydrogens is 368 g/mol. The first-order chi connectivity index (χ1) is 13.3. The predicted molar refractivity (Wildman–Crippen MR) is 101 cm³/mol. The SMILES string of the molecule is C[C@H]1[C@H](N)CN1c1cc2c(cc1F)c(=O)c(C(=O)O)cn2-c1ccc(F)cc1. The Bertz CT molecular complexity index is 1160. The van der Waals surface area contributed by atoms with Gasteiger partial charge in [0.25, 0.3) is 0 Å². The zero-order chi connectivity index (χ0) is 20.2. The Hall–Kier alpha value is -3.26. The van der Waals surface area contributed by atoms with E-state index in [9.17, 15) is 23.5 Å². The first kappa shape index (κ1) is 18.1. The van der Waals surface area contributed by atoms with Gasteiger partial charge in [0, 0.05) is 35.9 Å². The molecule has 28 heavy (non-hydrogen) atoms. The first-order valence-corrected chi connectivity index (χ1v) is 8.68. The second-order valence-corrected chi connectivity index (χ2v) is 6.90. The fourth-order valence-electron chi connectivity index (χ4n) is 3.48. The van der Waals surface area contributed by atoms with Crippen LogP contribution in [0.15, 0.2) is 47.4 Å². The van der Waals surface area contributed by atoms with Gasteiger partial charge in [-0.15, -0.1) is 0 Å². The lowest BCUT2D eigenvalue weighted by Crippen LogP contribution is -2.63. The second-order valence-electron chi connectivity index (χ2n) is 6.90. The van der Waals surface area contributed by atoms with Gasteiger partial charge < -0.3 is 20.3 Å². The standard InChI is InChI=1S/C20H17F2N3O3/c1-10-16(23)9-24(10)18-7-17-13(6-15(18)22)19(26)14(20(27)28)8-25(17)12-4-2-11(21)3-5-12/h2-8,10,16H,9,23H2,1H3,(H,27,28)/t10-,16+/m0/s1. The molecule has 1 aliphatic rings. The Kier molecular flexibility index (Phi) is 4.15. The van der Waals surface area contributed by atoms with E-state index in [1.165, 1.54) is 41.1 Å². The van der Waals surface area contributed by atoms with Crippen LogP contribution in [0.2, 0.25) is 0 Å². The number of fused-ring (bicyclic) bond motifs is 1. The van der Waals surface area contributed by atoms with Gasteiger partial charge in [-0.3, -0.25) is 4.79 Å². The molecule has 8 heteroatoms. The number of hydrogen-bond acceptors (Lipinski definition) is 4. The van der Waals surface area contributed by atoms with Crippen molar-refractivity contribution in [2.75, 3.05) is 11.4 Å². The fraction of sp³-hybridized carbons (Fsp3) is 0.200. The molecular formula is C20H17F2N3O3. The van der Waals surface area contributed by atoms with Gasteiger partial charge in [-0.2, -0.15) is 0 Å². The van der Waals surface area contributed by atoms with Crippen molar-refractivity contribution in [2.45, 2.75) is 19.0 Å². The largest absolute Gasteiger partial charge is 0.477 e. The monoisotopic (exact) mass is 385 g/mol. The Morgan fingerprint density at radius 3 is 2.46 bits per heavy atom. The Balaban J connectivity index is 2.02. The quantitative estimate of drug-likeness (QED) is 0.723. The molecule has 0 spiro atoms. The average Bonchev–Trinajstić information content (AvgIpc) is 2.67. The van der Waals surface area contributed by atoms with Crippen LogP contribution in [0.3, 0.4) is 0 Å². The van der Waals surface area contributed by atoms with Gasteiger partial charge in [-0.25, -0.2) is 13.6 Å². The lowest BCUT2D eigenvalue weighted by atomic mass is 9.97. The molecule has 3 N–H and O–H groups in total. The number of carboxylic acids is 1. The minimum Gasteiger partial charge on any atom is -0.477 e. The first-order valence-electron chi connectivity index (χ1n) is 8.68. The van der Waals surface area contributed by atoms with E-state index >= 15 is 0 Å². The van der Waals surface area contributed by atoms with Crippen LogP contribution in [0.5, 0.6) is 0 Å². The maximum atomic E-state index is 14.8. The Morgan fingerprint density at radius 2 is 1.89 bits per heavy atom. The smallest absolute Gasteiger partial charge is 0.341 e. The van der Waals surface area contributed by atoms with E-state index < -0.39 is 28.6 Å². The minimum absolute atomic E-state index is 0.0667. The number of pyridine rings is 1. The molecule has 0 unspecified atom stereocenters. The molecule has 1 aromatic heterocycles. The van der Waals surface area contributed by atoms with E-state index in [4.69, 9.17) is 5.73 Å². The number of anilines is 1. The van der Waals surface area contributed by atoms with E-state index in [1.54, 1.807) is 4.90 Å². The van der Waals surface area contributed by atoms with Crippen molar-refractivity contribution in [3.8, 4) is 5.69 Å². The Morgan fingerprint density at radius 1 is 1.21 bits per heavy atom. The van der Waals surface area contributed by atoms with Crippen molar-refractivity contribution < 1.29 is 18.7 Å². The summed E-state index contributed by atoms with van der Waals surface area (Å²) in [7, 11) is 0. The number of aromatic carboxylic acids is 1. The van der Waals surface area contributed by atoms with Gasteiger partial charge in [0.2, 0.25) is 5.43 Å². The highest BCUT2D eigenvalue weighted by Crippen LogP contribution is 2.32. The van der Waals surface area contributed by atoms with Gasteiger partial charge in [-0.1, -0.05) is 0 Å². The molecule has 2 aromatic carbocycles. The molecule has 0 saturated carbocycles. The predicted octanol–water partition coefficient (Wildman–Crippen LogP) is 2.50. The number of benzene rings is 2. The summed E-state index contributed by atoms with van der Waals surface area (Å²) in [5.74, 6) is -2.51. The summed E-state index contributed by atoms with van der Waals surface area (Å²) in [6.45, 7) is 2.34. The maximum Gasteiger partial charge on any atom is 0.341 e. The third-order valence-electron chi connectivity index (χ3n) is 5.24. The summed E-state index contributed by atoms with van der Waals surface area (Å²) in [5, 5.41) is 9.31. The van der Waals surface area contributed by atoms with E-state index in [-0.39, 0.29) is 23.2 Å². The molecule has 1 fully saturated rings. The molecule has 0 amide bonds. The van der Waals surface area contributed by atoms with Gasteiger partial charge in [0.1, 0.15) is 17.2 Å². The Labute approximate surface area is 158 Å². The summed E-state index contributed by atoms with van der Waals surface area (Å²) in [6.07, 6.45) is 1.17. The fourth-order valence-corrected chi connectivity index (χ4v) is 3.48. The molecule has 144 valence electrons. The summed E-state index contributed by atoms with van der Waals surface area (Å²) in [5.41, 5.74) is 5.68. The van der Waals surface area contributed by atoms with Crippen LogP contribution < -0.4 is 16.1 Å². The number of nitrogens with two attached hydrogens (primary N) is 1. The third-order valence-corrected chi connectivity index (χ3v) is 5.24. The molecule has 0 radical (unpaired) electrons. The van der Waals surface area contributed by atoms with E-state index in [0.717, 1.165) is 6.07 Å². The van der Waals surface area contributed by atoms with Crippen molar-refractivity contribution in [2.24, 2.45) is 5.73 Å². The molecule has 1 saturated heterocycles. The minimum atomic E-state index is -1.42. The molecule has 1 aliphatic heterocycles. The number of rotatable bonds is 3. The van der Waals surface area contributed by atoms with Crippen molar-refractivity contribution in [1.82, 2.24) is 4.57 Å². The highest BCUT2D eigenvalue weighted by Gasteiger charge is 2.34. The van der Waals surface area contributed by atoms with E-state index in [0.29, 0.717) is 17.7 Å². The summed E-state index contributed by atoms with van der Waals surface area (Å²) >= 11 is 0. The number of aromatic nitrogens is 1. The number of carbonyl (C=O) groups is 1. The average molecular weight is 385 g/mol. The molecule has 3 aromatic rings. The van der Waals surface area contributed by atoms with Crippen LogP contribution in [-0.2, 0) is 0 Å². The van der Waals surface area contributed by atoms with Crippen LogP contribution in [0, 0.1) is 11.6 Å². The topological polar surface area (TPSA) is 88.6 Å². The molecule has 2 heterocycles. The van der Waals surface area contributed by atoms with Crippen molar-refractivity contribution in [3.63, 3.8) is 0 Å². The lowest BCUT2D eigenvalue weighted by Gasteiger charge is -2.46. The van der Waals surface area contributed by atoms with E-state index in [1.807, 2.05) is 6.92 Å². The number of nitrogens with zero attached hydrogens (tertiary/aromatic N) is 2. The summed E-state index contributed by atoms with van der Waals surface area (Å²) in [6, 6.07) is 7.76. The maximum absolute atomic E-state index is 14.8. The van der Waals surface area contributed by atoms with Crippen molar-refractivity contribution in [3.05, 3.63) is 70.0 Å². The zero-order valence-electron chi connectivity index (χ0n) is 14.9. The van der Waals surface area contributed by atoms with Crippen molar-refractivity contribution in [1.29, 1.82) is 0 Å². The van der Waals surface area contributed by atoms with Gasteiger partial charge >= 0.3 is 5.97 Å². The zero-order valence-corrected chi connectivity index (χ0v) is 14.9. The van der Waals surface area contributed by atoms with Crippen LogP contribution in [0.4, 0.5) is 14.5 Å². The second kappa shape index (κ2) is 6.42. The molecule has 4 rings (SSSR count). The van der Waals surface area contributed by atoms with Crippen LogP contribution in [0.1, 0.15) is 17.3 Å². The number of carboxylic acid groups (broad SMARTS) is 1. The third kappa shape index (κ3) is 2.73.